The van der Waals surface area contributed by atoms with Gasteiger partial charge in [-0.3, -0.25) is 4.79 Å². The second-order valence-corrected chi connectivity index (χ2v) is 3.23. The molecule has 0 aliphatic carbocycles. The molecule has 0 radical (unpaired) electrons. The first-order valence-electron chi connectivity index (χ1n) is 4.50. The fourth-order valence-electron chi connectivity index (χ4n) is 0.997. The van der Waals surface area contributed by atoms with E-state index in [1.807, 2.05) is 0 Å². The standard InChI is InChI=1S/C10H12ClNO3/c1-2-15-6-9(13)12-8-5-3-4-7(11)10(8)14/h3-5,14H,2,6H2,1H3,(H,12,13). The number of hydrogen-bond donors (Lipinski definition) is 2. The Bertz CT molecular complexity index is 355. The maximum atomic E-state index is 11.2. The summed E-state index contributed by atoms with van der Waals surface area (Å²) >= 11 is 5.67. The van der Waals surface area contributed by atoms with E-state index in [2.05, 4.69) is 5.32 Å². The number of aromatic hydroxyl groups is 1. The molecular formula is C10H12ClNO3. The van der Waals surface area contributed by atoms with Crippen molar-refractivity contribution < 1.29 is 14.6 Å². The number of amides is 1. The van der Waals surface area contributed by atoms with Gasteiger partial charge in [0.2, 0.25) is 5.91 Å². The third kappa shape index (κ3) is 3.42. The highest BCUT2D eigenvalue weighted by Gasteiger charge is 2.08. The molecule has 0 saturated heterocycles. The van der Waals surface area contributed by atoms with Crippen LogP contribution in [0.3, 0.4) is 0 Å². The average Bonchev–Trinajstić information content (AvgIpc) is 2.22. The van der Waals surface area contributed by atoms with Crippen LogP contribution < -0.4 is 5.32 Å². The lowest BCUT2D eigenvalue weighted by molar-refractivity contribution is -0.120. The van der Waals surface area contributed by atoms with Crippen molar-refractivity contribution in [3.05, 3.63) is 23.2 Å². The number of carbonyl (C=O) groups is 1. The van der Waals surface area contributed by atoms with Gasteiger partial charge in [-0.05, 0) is 19.1 Å². The van der Waals surface area contributed by atoms with Crippen LogP contribution in [-0.4, -0.2) is 24.2 Å². The van der Waals surface area contributed by atoms with Crippen LogP contribution in [0.2, 0.25) is 5.02 Å². The summed E-state index contributed by atoms with van der Waals surface area (Å²) in [5.74, 6) is -0.460. The first-order chi connectivity index (χ1) is 7.15. The summed E-state index contributed by atoms with van der Waals surface area (Å²) in [5, 5.41) is 12.2. The van der Waals surface area contributed by atoms with Crippen LogP contribution in [-0.2, 0) is 9.53 Å². The second kappa shape index (κ2) is 5.58. The predicted molar refractivity (Wildman–Crippen MR) is 58.2 cm³/mol. The van der Waals surface area contributed by atoms with E-state index in [4.69, 9.17) is 16.3 Å². The lowest BCUT2D eigenvalue weighted by Gasteiger charge is -2.07. The lowest BCUT2D eigenvalue weighted by atomic mass is 10.3. The molecule has 0 spiro atoms. The molecule has 1 rings (SSSR count). The number of anilines is 1. The van der Waals surface area contributed by atoms with Crippen molar-refractivity contribution >= 4 is 23.2 Å². The summed E-state index contributed by atoms with van der Waals surface area (Å²) in [7, 11) is 0. The number of rotatable bonds is 4. The van der Waals surface area contributed by atoms with Gasteiger partial charge in [-0.1, -0.05) is 17.7 Å². The Morgan fingerprint density at radius 3 is 3.00 bits per heavy atom. The Hall–Kier alpha value is -1.26. The Balaban J connectivity index is 2.64. The van der Waals surface area contributed by atoms with Crippen molar-refractivity contribution in [1.82, 2.24) is 0 Å². The first kappa shape index (κ1) is 11.8. The van der Waals surface area contributed by atoms with Gasteiger partial charge in [0.05, 0.1) is 10.7 Å². The summed E-state index contributed by atoms with van der Waals surface area (Å²) in [4.78, 5) is 11.2. The fourth-order valence-corrected chi connectivity index (χ4v) is 1.17. The zero-order chi connectivity index (χ0) is 11.3. The van der Waals surface area contributed by atoms with Crippen molar-refractivity contribution in [2.45, 2.75) is 6.92 Å². The Kier molecular flexibility index (Phi) is 4.39. The molecule has 15 heavy (non-hydrogen) atoms. The summed E-state index contributed by atoms with van der Waals surface area (Å²) in [6.07, 6.45) is 0. The van der Waals surface area contributed by atoms with E-state index < -0.39 is 0 Å². The van der Waals surface area contributed by atoms with Crippen LogP contribution >= 0.6 is 11.6 Å². The first-order valence-corrected chi connectivity index (χ1v) is 4.88. The SMILES string of the molecule is CCOCC(=O)Nc1cccc(Cl)c1O. The van der Waals surface area contributed by atoms with E-state index in [1.54, 1.807) is 19.1 Å². The number of carbonyl (C=O) groups excluding carboxylic acids is 1. The molecule has 0 heterocycles. The molecule has 0 bridgehead atoms. The molecule has 82 valence electrons. The molecule has 0 aromatic heterocycles. The van der Waals surface area contributed by atoms with Gasteiger partial charge in [0, 0.05) is 6.61 Å². The Morgan fingerprint density at radius 1 is 1.60 bits per heavy atom. The number of hydrogen-bond acceptors (Lipinski definition) is 3. The van der Waals surface area contributed by atoms with Gasteiger partial charge >= 0.3 is 0 Å². The summed E-state index contributed by atoms with van der Waals surface area (Å²) in [6, 6.07) is 4.73. The highest BCUT2D eigenvalue weighted by Crippen LogP contribution is 2.30. The van der Waals surface area contributed by atoms with Crippen LogP contribution in [0, 0.1) is 0 Å². The van der Waals surface area contributed by atoms with Crippen LogP contribution in [0.5, 0.6) is 5.75 Å². The van der Waals surface area contributed by atoms with Gasteiger partial charge in [-0.15, -0.1) is 0 Å². The van der Waals surface area contributed by atoms with Gasteiger partial charge in [0.1, 0.15) is 6.61 Å². The molecule has 1 aromatic rings. The van der Waals surface area contributed by atoms with E-state index in [0.29, 0.717) is 6.61 Å². The molecular weight excluding hydrogens is 218 g/mol. The zero-order valence-electron chi connectivity index (χ0n) is 8.29. The van der Waals surface area contributed by atoms with Crippen molar-refractivity contribution in [2.24, 2.45) is 0 Å². The maximum Gasteiger partial charge on any atom is 0.250 e. The highest BCUT2D eigenvalue weighted by atomic mass is 35.5. The largest absolute Gasteiger partial charge is 0.504 e. The molecule has 1 aromatic carbocycles. The lowest BCUT2D eigenvalue weighted by Crippen LogP contribution is -2.18. The molecule has 2 N–H and O–H groups in total. The van der Waals surface area contributed by atoms with Crippen LogP contribution in [0.15, 0.2) is 18.2 Å². The number of phenols is 1. The number of benzene rings is 1. The Morgan fingerprint density at radius 2 is 2.33 bits per heavy atom. The normalized spacial score (nSPS) is 10.0. The summed E-state index contributed by atoms with van der Waals surface area (Å²) < 4.78 is 4.91. The van der Waals surface area contributed by atoms with Crippen molar-refractivity contribution in [2.75, 3.05) is 18.5 Å². The number of phenolic OH excluding ortho intramolecular Hbond substituents is 1. The van der Waals surface area contributed by atoms with Gasteiger partial charge in [0.15, 0.2) is 5.75 Å². The third-order valence-electron chi connectivity index (χ3n) is 1.70. The fraction of sp³-hybridized carbons (Fsp3) is 0.300. The average molecular weight is 230 g/mol. The monoisotopic (exact) mass is 229 g/mol. The number of nitrogens with one attached hydrogen (secondary N) is 1. The van der Waals surface area contributed by atoms with Crippen LogP contribution in [0.4, 0.5) is 5.69 Å². The van der Waals surface area contributed by atoms with E-state index >= 15 is 0 Å². The summed E-state index contributed by atoms with van der Waals surface area (Å²) in [6.45, 7) is 2.22. The van der Waals surface area contributed by atoms with Gasteiger partial charge < -0.3 is 15.2 Å². The molecule has 0 saturated carbocycles. The van der Waals surface area contributed by atoms with Crippen molar-refractivity contribution in [3.63, 3.8) is 0 Å². The summed E-state index contributed by atoms with van der Waals surface area (Å²) in [5.41, 5.74) is 0.284. The molecule has 0 atom stereocenters. The highest BCUT2D eigenvalue weighted by molar-refractivity contribution is 6.32. The minimum absolute atomic E-state index is 0.0392. The van der Waals surface area contributed by atoms with Gasteiger partial charge in [0.25, 0.3) is 0 Å². The van der Waals surface area contributed by atoms with Crippen molar-refractivity contribution in [3.8, 4) is 5.75 Å². The third-order valence-corrected chi connectivity index (χ3v) is 2.00. The number of para-hydroxylation sites is 1. The second-order valence-electron chi connectivity index (χ2n) is 2.82. The topological polar surface area (TPSA) is 58.6 Å². The van der Waals surface area contributed by atoms with E-state index in [9.17, 15) is 9.90 Å². The number of halogens is 1. The van der Waals surface area contributed by atoms with E-state index in [-0.39, 0.29) is 29.0 Å². The maximum absolute atomic E-state index is 11.2. The molecule has 0 unspecified atom stereocenters. The van der Waals surface area contributed by atoms with Crippen molar-refractivity contribution in [1.29, 1.82) is 0 Å². The van der Waals surface area contributed by atoms with E-state index in [1.165, 1.54) is 6.07 Å². The molecule has 0 aliphatic heterocycles. The molecule has 0 aliphatic rings. The molecule has 5 heteroatoms. The van der Waals surface area contributed by atoms with E-state index in [0.717, 1.165) is 0 Å². The Labute approximate surface area is 92.8 Å². The number of ether oxygens (including phenoxy) is 1. The van der Waals surface area contributed by atoms with Gasteiger partial charge in [-0.25, -0.2) is 0 Å². The van der Waals surface area contributed by atoms with Crippen LogP contribution in [0.25, 0.3) is 0 Å². The van der Waals surface area contributed by atoms with Crippen LogP contribution in [0.1, 0.15) is 6.92 Å². The zero-order valence-corrected chi connectivity index (χ0v) is 9.04. The smallest absolute Gasteiger partial charge is 0.250 e. The molecule has 4 nitrogen and oxygen atoms in total. The van der Waals surface area contributed by atoms with Gasteiger partial charge in [-0.2, -0.15) is 0 Å². The predicted octanol–water partition coefficient (Wildman–Crippen LogP) is 2.02. The minimum Gasteiger partial charge on any atom is -0.504 e. The minimum atomic E-state index is -0.325. The molecule has 1 amide bonds. The quantitative estimate of drug-likeness (QED) is 0.777. The molecule has 0 fully saturated rings.